The summed E-state index contributed by atoms with van der Waals surface area (Å²) in [5.74, 6) is 0.571. The van der Waals surface area contributed by atoms with Gasteiger partial charge in [-0.25, -0.2) is 0 Å². The van der Waals surface area contributed by atoms with E-state index in [0.29, 0.717) is 12.5 Å². The zero-order chi connectivity index (χ0) is 13.8. The summed E-state index contributed by atoms with van der Waals surface area (Å²) in [4.78, 5) is 14.3. The largest absolute Gasteiger partial charge is 0.348 e. The van der Waals surface area contributed by atoms with Gasteiger partial charge in [0.2, 0.25) is 0 Å². The molecule has 2 rings (SSSR count). The van der Waals surface area contributed by atoms with Crippen molar-refractivity contribution in [3.8, 4) is 0 Å². The van der Waals surface area contributed by atoms with Gasteiger partial charge in [-0.15, -0.1) is 0 Å². The molecule has 0 aliphatic heterocycles. The predicted molar refractivity (Wildman–Crippen MR) is 76.9 cm³/mol. The number of rotatable bonds is 6. The van der Waals surface area contributed by atoms with Gasteiger partial charge in [-0.3, -0.25) is 4.79 Å². The fourth-order valence-electron chi connectivity index (χ4n) is 2.30. The zero-order valence-corrected chi connectivity index (χ0v) is 11.7. The monoisotopic (exact) mass is 261 g/mol. The van der Waals surface area contributed by atoms with Crippen molar-refractivity contribution in [2.45, 2.75) is 25.4 Å². The number of hydrogen-bond donors (Lipinski definition) is 2. The molecule has 4 heteroatoms. The smallest absolute Gasteiger partial charge is 0.251 e. The Morgan fingerprint density at radius 1 is 1.47 bits per heavy atom. The highest BCUT2D eigenvalue weighted by molar-refractivity contribution is 5.94. The first-order chi connectivity index (χ1) is 9.10. The lowest BCUT2D eigenvalue weighted by molar-refractivity contribution is 0.0933. The van der Waals surface area contributed by atoms with Crippen LogP contribution in [0.2, 0.25) is 0 Å². The Hall–Kier alpha value is -1.39. The van der Waals surface area contributed by atoms with E-state index in [1.54, 1.807) is 0 Å². The Bertz CT molecular complexity index is 441. The Morgan fingerprint density at radius 2 is 2.21 bits per heavy atom. The number of nitrogens with zero attached hydrogens (tertiary/aromatic N) is 1. The molecule has 1 aliphatic carbocycles. The molecule has 1 aromatic carbocycles. The van der Waals surface area contributed by atoms with Crippen LogP contribution in [0.5, 0.6) is 0 Å². The van der Waals surface area contributed by atoms with Gasteiger partial charge in [0.25, 0.3) is 5.91 Å². The molecule has 19 heavy (non-hydrogen) atoms. The minimum Gasteiger partial charge on any atom is -0.348 e. The van der Waals surface area contributed by atoms with Gasteiger partial charge in [0, 0.05) is 24.7 Å². The lowest BCUT2D eigenvalue weighted by Crippen LogP contribution is -2.41. The minimum atomic E-state index is -0.0112. The van der Waals surface area contributed by atoms with E-state index in [-0.39, 0.29) is 11.9 Å². The third kappa shape index (κ3) is 4.04. The van der Waals surface area contributed by atoms with Gasteiger partial charge in [-0.1, -0.05) is 12.1 Å². The second-order valence-electron chi connectivity index (χ2n) is 5.59. The Kier molecular flexibility index (Phi) is 4.56. The highest BCUT2D eigenvalue weighted by Gasteiger charge is 2.31. The summed E-state index contributed by atoms with van der Waals surface area (Å²) in [7, 11) is 4.04. The van der Waals surface area contributed by atoms with Crippen LogP contribution in [0.15, 0.2) is 24.3 Å². The normalized spacial score (nSPS) is 16.4. The minimum absolute atomic E-state index is 0.0112. The maximum absolute atomic E-state index is 12.2. The highest BCUT2D eigenvalue weighted by atomic mass is 16.1. The van der Waals surface area contributed by atoms with Gasteiger partial charge in [-0.05, 0) is 50.6 Å². The average molecular weight is 261 g/mol. The molecular formula is C15H23N3O. The van der Waals surface area contributed by atoms with Gasteiger partial charge in [0.15, 0.2) is 0 Å². The van der Waals surface area contributed by atoms with Crippen molar-refractivity contribution < 1.29 is 4.79 Å². The van der Waals surface area contributed by atoms with Crippen LogP contribution in [-0.4, -0.2) is 37.5 Å². The Labute approximate surface area is 115 Å². The molecule has 1 atom stereocenters. The van der Waals surface area contributed by atoms with E-state index in [1.165, 1.54) is 12.8 Å². The van der Waals surface area contributed by atoms with Gasteiger partial charge in [-0.2, -0.15) is 0 Å². The molecule has 1 aromatic rings. The molecule has 1 saturated carbocycles. The summed E-state index contributed by atoms with van der Waals surface area (Å²) in [6.07, 6.45) is 2.37. The summed E-state index contributed by atoms with van der Waals surface area (Å²) < 4.78 is 0. The van der Waals surface area contributed by atoms with E-state index in [9.17, 15) is 4.79 Å². The lowest BCUT2D eigenvalue weighted by Gasteiger charge is -2.16. The summed E-state index contributed by atoms with van der Waals surface area (Å²) in [5, 5.41) is 3.05. The van der Waals surface area contributed by atoms with E-state index < -0.39 is 0 Å². The first kappa shape index (κ1) is 14.0. The van der Waals surface area contributed by atoms with Crippen molar-refractivity contribution in [3.63, 3.8) is 0 Å². The van der Waals surface area contributed by atoms with E-state index in [0.717, 1.165) is 17.7 Å². The Morgan fingerprint density at radius 3 is 2.79 bits per heavy atom. The van der Waals surface area contributed by atoms with Crippen LogP contribution in [0.1, 0.15) is 28.8 Å². The van der Waals surface area contributed by atoms with Crippen LogP contribution in [0.4, 0.5) is 0 Å². The standard InChI is InChI=1S/C15H23N3O/c1-18(2)10-11-4-3-5-13(8-11)15(19)17-14(9-16)12-6-7-12/h3-5,8,12,14H,6-7,9-10,16H2,1-2H3,(H,17,19). The number of nitrogens with two attached hydrogens (primary N) is 1. The van der Waals surface area contributed by atoms with E-state index in [1.807, 2.05) is 38.4 Å². The molecule has 0 saturated heterocycles. The van der Waals surface area contributed by atoms with Crippen molar-refractivity contribution in [3.05, 3.63) is 35.4 Å². The van der Waals surface area contributed by atoms with E-state index in [2.05, 4.69) is 10.2 Å². The van der Waals surface area contributed by atoms with Crippen molar-refractivity contribution in [1.29, 1.82) is 0 Å². The molecule has 0 bridgehead atoms. The van der Waals surface area contributed by atoms with Crippen molar-refractivity contribution >= 4 is 5.91 Å². The number of carbonyl (C=O) groups is 1. The fraction of sp³-hybridized carbons (Fsp3) is 0.533. The molecule has 1 amide bonds. The number of amides is 1. The van der Waals surface area contributed by atoms with Crippen LogP contribution < -0.4 is 11.1 Å². The van der Waals surface area contributed by atoms with E-state index >= 15 is 0 Å². The fourth-order valence-corrected chi connectivity index (χ4v) is 2.30. The molecule has 1 fully saturated rings. The van der Waals surface area contributed by atoms with Crippen LogP contribution in [0, 0.1) is 5.92 Å². The molecule has 1 unspecified atom stereocenters. The lowest BCUT2D eigenvalue weighted by atomic mass is 10.1. The SMILES string of the molecule is CN(C)Cc1cccc(C(=O)NC(CN)C2CC2)c1. The van der Waals surface area contributed by atoms with Crippen LogP contribution in [0.3, 0.4) is 0 Å². The third-order valence-electron chi connectivity index (χ3n) is 3.45. The summed E-state index contributed by atoms with van der Waals surface area (Å²) in [6.45, 7) is 1.36. The van der Waals surface area contributed by atoms with Gasteiger partial charge in [0.05, 0.1) is 0 Å². The predicted octanol–water partition coefficient (Wildman–Crippen LogP) is 1.22. The van der Waals surface area contributed by atoms with Gasteiger partial charge < -0.3 is 16.0 Å². The molecule has 0 radical (unpaired) electrons. The third-order valence-corrected chi connectivity index (χ3v) is 3.45. The van der Waals surface area contributed by atoms with Crippen LogP contribution in [-0.2, 0) is 6.54 Å². The number of benzene rings is 1. The Balaban J connectivity index is 2.01. The first-order valence-corrected chi connectivity index (χ1v) is 6.84. The van der Waals surface area contributed by atoms with Crippen LogP contribution >= 0.6 is 0 Å². The van der Waals surface area contributed by atoms with Gasteiger partial charge >= 0.3 is 0 Å². The second-order valence-corrected chi connectivity index (χ2v) is 5.59. The maximum atomic E-state index is 12.2. The molecule has 0 spiro atoms. The van der Waals surface area contributed by atoms with Gasteiger partial charge in [0.1, 0.15) is 0 Å². The summed E-state index contributed by atoms with van der Waals surface area (Å²) in [6, 6.07) is 7.91. The van der Waals surface area contributed by atoms with Crippen LogP contribution in [0.25, 0.3) is 0 Å². The summed E-state index contributed by atoms with van der Waals surface area (Å²) in [5.41, 5.74) is 7.58. The molecular weight excluding hydrogens is 238 g/mol. The highest BCUT2D eigenvalue weighted by Crippen LogP contribution is 2.32. The van der Waals surface area contributed by atoms with Crippen molar-refractivity contribution in [2.24, 2.45) is 11.7 Å². The number of carbonyl (C=O) groups excluding carboxylic acids is 1. The summed E-state index contributed by atoms with van der Waals surface area (Å²) >= 11 is 0. The van der Waals surface area contributed by atoms with Crippen molar-refractivity contribution in [1.82, 2.24) is 10.2 Å². The molecule has 104 valence electrons. The molecule has 1 aliphatic rings. The molecule has 3 N–H and O–H groups in total. The average Bonchev–Trinajstić information content (AvgIpc) is 3.19. The first-order valence-electron chi connectivity index (χ1n) is 6.84. The number of nitrogens with one attached hydrogen (secondary N) is 1. The molecule has 0 aromatic heterocycles. The quantitative estimate of drug-likeness (QED) is 0.809. The van der Waals surface area contributed by atoms with E-state index in [4.69, 9.17) is 5.73 Å². The topological polar surface area (TPSA) is 58.4 Å². The molecule has 4 nitrogen and oxygen atoms in total. The van der Waals surface area contributed by atoms with Crippen molar-refractivity contribution in [2.75, 3.05) is 20.6 Å². The molecule has 0 heterocycles. The second kappa shape index (κ2) is 6.17. The maximum Gasteiger partial charge on any atom is 0.251 e. The zero-order valence-electron chi connectivity index (χ0n) is 11.7. The number of hydrogen-bond acceptors (Lipinski definition) is 3.